The maximum atomic E-state index is 12.0. The largest absolute Gasteiger partial charge is 0.345 e. The SMILES string of the molecule is CN(C)C(=O)c1cc(=O)[nH]nc1-c1cccnc1. The molecule has 0 aliphatic rings. The molecule has 0 unspecified atom stereocenters. The van der Waals surface area contributed by atoms with Crippen molar-refractivity contribution in [3.8, 4) is 11.3 Å². The van der Waals surface area contributed by atoms with Crippen molar-refractivity contribution in [2.75, 3.05) is 14.1 Å². The molecule has 92 valence electrons. The molecule has 2 heterocycles. The Kier molecular flexibility index (Phi) is 3.18. The van der Waals surface area contributed by atoms with Gasteiger partial charge in [0, 0.05) is 38.1 Å². The van der Waals surface area contributed by atoms with Gasteiger partial charge in [-0.25, -0.2) is 5.10 Å². The molecule has 2 aromatic rings. The van der Waals surface area contributed by atoms with Gasteiger partial charge in [-0.05, 0) is 12.1 Å². The van der Waals surface area contributed by atoms with Crippen LogP contribution in [0.3, 0.4) is 0 Å². The van der Waals surface area contributed by atoms with Gasteiger partial charge < -0.3 is 4.90 Å². The summed E-state index contributed by atoms with van der Waals surface area (Å²) in [5, 5.41) is 6.26. The fourth-order valence-electron chi connectivity index (χ4n) is 1.53. The smallest absolute Gasteiger partial charge is 0.264 e. The van der Waals surface area contributed by atoms with E-state index < -0.39 is 5.56 Å². The molecule has 0 fully saturated rings. The molecule has 18 heavy (non-hydrogen) atoms. The van der Waals surface area contributed by atoms with E-state index >= 15 is 0 Å². The Morgan fingerprint density at radius 2 is 2.17 bits per heavy atom. The molecule has 1 N–H and O–H groups in total. The highest BCUT2D eigenvalue weighted by Crippen LogP contribution is 2.19. The van der Waals surface area contributed by atoms with E-state index in [1.807, 2.05) is 0 Å². The lowest BCUT2D eigenvalue weighted by atomic mass is 10.1. The second kappa shape index (κ2) is 4.79. The van der Waals surface area contributed by atoms with Gasteiger partial charge in [-0.3, -0.25) is 14.6 Å². The highest BCUT2D eigenvalue weighted by molar-refractivity contribution is 5.99. The molecule has 0 aromatic carbocycles. The summed E-state index contributed by atoms with van der Waals surface area (Å²) in [5.41, 5.74) is 0.949. The molecule has 6 nitrogen and oxygen atoms in total. The van der Waals surface area contributed by atoms with Crippen LogP contribution in [0.2, 0.25) is 0 Å². The monoisotopic (exact) mass is 244 g/mol. The molecule has 2 aromatic heterocycles. The van der Waals surface area contributed by atoms with Gasteiger partial charge in [0.25, 0.3) is 11.5 Å². The molecule has 0 atom stereocenters. The van der Waals surface area contributed by atoms with Crippen LogP contribution in [0, 0.1) is 0 Å². The van der Waals surface area contributed by atoms with Crippen LogP contribution in [-0.2, 0) is 0 Å². The maximum Gasteiger partial charge on any atom is 0.264 e. The first kappa shape index (κ1) is 12.0. The summed E-state index contributed by atoms with van der Waals surface area (Å²) < 4.78 is 0. The molecule has 6 heteroatoms. The Hall–Kier alpha value is -2.50. The van der Waals surface area contributed by atoms with Crippen molar-refractivity contribution in [3.63, 3.8) is 0 Å². The average molecular weight is 244 g/mol. The second-order valence-corrected chi connectivity index (χ2v) is 3.94. The summed E-state index contributed by atoms with van der Waals surface area (Å²) in [6.07, 6.45) is 3.22. The lowest BCUT2D eigenvalue weighted by Gasteiger charge is -2.12. The van der Waals surface area contributed by atoms with Crippen LogP contribution in [0.25, 0.3) is 11.3 Å². The Bertz CT molecular complexity index is 619. The zero-order chi connectivity index (χ0) is 13.1. The number of rotatable bonds is 2. The third-order valence-corrected chi connectivity index (χ3v) is 2.38. The van der Waals surface area contributed by atoms with E-state index in [1.165, 1.54) is 11.0 Å². The third-order valence-electron chi connectivity index (χ3n) is 2.38. The normalized spacial score (nSPS) is 10.1. The van der Waals surface area contributed by atoms with Crippen LogP contribution in [0.15, 0.2) is 35.4 Å². The van der Waals surface area contributed by atoms with Crippen molar-refractivity contribution in [2.24, 2.45) is 0 Å². The molecule has 0 radical (unpaired) electrons. The summed E-state index contributed by atoms with van der Waals surface area (Å²) in [6.45, 7) is 0. The molecule has 0 aliphatic heterocycles. The predicted molar refractivity (Wildman–Crippen MR) is 66.1 cm³/mol. The van der Waals surface area contributed by atoms with Crippen LogP contribution < -0.4 is 5.56 Å². The van der Waals surface area contributed by atoms with Gasteiger partial charge >= 0.3 is 0 Å². The first-order valence-electron chi connectivity index (χ1n) is 5.31. The first-order valence-corrected chi connectivity index (χ1v) is 5.31. The number of aromatic amines is 1. The van der Waals surface area contributed by atoms with Gasteiger partial charge in [-0.15, -0.1) is 0 Å². The number of nitrogens with zero attached hydrogens (tertiary/aromatic N) is 3. The third kappa shape index (κ3) is 2.27. The number of amides is 1. The van der Waals surface area contributed by atoms with Crippen molar-refractivity contribution >= 4 is 5.91 Å². The molecular weight excluding hydrogens is 232 g/mol. The first-order chi connectivity index (χ1) is 8.59. The molecule has 0 spiro atoms. The standard InChI is InChI=1S/C12H12N4O2/c1-16(2)12(18)9-6-10(17)14-15-11(9)8-4-3-5-13-7-8/h3-7H,1-2H3,(H,14,17). The fraction of sp³-hybridized carbons (Fsp3) is 0.167. The number of aromatic nitrogens is 3. The van der Waals surface area contributed by atoms with Gasteiger partial charge in [0.15, 0.2) is 0 Å². The number of hydrogen-bond donors (Lipinski definition) is 1. The van der Waals surface area contributed by atoms with Gasteiger partial charge in [-0.2, -0.15) is 5.10 Å². The van der Waals surface area contributed by atoms with Crippen molar-refractivity contribution in [2.45, 2.75) is 0 Å². The Balaban J connectivity index is 2.61. The minimum atomic E-state index is -0.409. The van der Waals surface area contributed by atoms with E-state index in [9.17, 15) is 9.59 Å². The average Bonchev–Trinajstić information content (AvgIpc) is 2.38. The number of carbonyl (C=O) groups is 1. The zero-order valence-electron chi connectivity index (χ0n) is 10.0. The lowest BCUT2D eigenvalue weighted by molar-refractivity contribution is 0.0827. The van der Waals surface area contributed by atoms with E-state index in [2.05, 4.69) is 15.2 Å². The Labute approximate surface area is 103 Å². The van der Waals surface area contributed by atoms with E-state index in [4.69, 9.17) is 0 Å². The van der Waals surface area contributed by atoms with Crippen molar-refractivity contribution in [3.05, 3.63) is 46.5 Å². The number of H-pyrrole nitrogens is 1. The molecular formula is C12H12N4O2. The second-order valence-electron chi connectivity index (χ2n) is 3.94. The minimum Gasteiger partial charge on any atom is -0.345 e. The van der Waals surface area contributed by atoms with E-state index in [0.717, 1.165) is 0 Å². The van der Waals surface area contributed by atoms with Crippen molar-refractivity contribution in [1.29, 1.82) is 0 Å². The topological polar surface area (TPSA) is 79.0 Å². The van der Waals surface area contributed by atoms with Gasteiger partial charge in [0.05, 0.1) is 5.56 Å². The fourth-order valence-corrected chi connectivity index (χ4v) is 1.53. The van der Waals surface area contributed by atoms with Gasteiger partial charge in [0.1, 0.15) is 5.69 Å². The quantitative estimate of drug-likeness (QED) is 0.836. The minimum absolute atomic E-state index is 0.261. The molecule has 0 saturated heterocycles. The summed E-state index contributed by atoms with van der Waals surface area (Å²) in [7, 11) is 3.24. The maximum absolute atomic E-state index is 12.0. The van der Waals surface area contributed by atoms with Gasteiger partial charge in [-0.1, -0.05) is 0 Å². The van der Waals surface area contributed by atoms with Crippen LogP contribution in [0.5, 0.6) is 0 Å². The Morgan fingerprint density at radius 3 is 2.78 bits per heavy atom. The van der Waals surface area contributed by atoms with Gasteiger partial charge in [0.2, 0.25) is 0 Å². The Morgan fingerprint density at radius 1 is 1.39 bits per heavy atom. The van der Waals surface area contributed by atoms with E-state index in [0.29, 0.717) is 11.3 Å². The van der Waals surface area contributed by atoms with Crippen LogP contribution in [0.4, 0.5) is 0 Å². The predicted octanol–water partition coefficient (Wildman–Crippen LogP) is 0.534. The van der Waals surface area contributed by atoms with Crippen molar-refractivity contribution in [1.82, 2.24) is 20.1 Å². The summed E-state index contributed by atoms with van der Waals surface area (Å²) >= 11 is 0. The number of pyridine rings is 1. The van der Waals surface area contributed by atoms with Crippen LogP contribution in [0.1, 0.15) is 10.4 Å². The molecule has 1 amide bonds. The summed E-state index contributed by atoms with van der Waals surface area (Å²) in [5.74, 6) is -0.271. The molecule has 0 aliphatic carbocycles. The highest BCUT2D eigenvalue weighted by Gasteiger charge is 2.16. The number of hydrogen-bond acceptors (Lipinski definition) is 4. The number of nitrogens with one attached hydrogen (secondary N) is 1. The zero-order valence-corrected chi connectivity index (χ0v) is 10.0. The van der Waals surface area contributed by atoms with E-state index in [-0.39, 0.29) is 11.5 Å². The molecule has 0 bridgehead atoms. The van der Waals surface area contributed by atoms with Crippen molar-refractivity contribution < 1.29 is 4.79 Å². The summed E-state index contributed by atoms with van der Waals surface area (Å²) in [4.78, 5) is 28.7. The lowest BCUT2D eigenvalue weighted by Crippen LogP contribution is -2.25. The summed E-state index contributed by atoms with van der Waals surface area (Å²) in [6, 6.07) is 4.77. The van der Waals surface area contributed by atoms with Crippen LogP contribution >= 0.6 is 0 Å². The highest BCUT2D eigenvalue weighted by atomic mass is 16.2. The number of carbonyl (C=O) groups excluding carboxylic acids is 1. The molecule has 2 rings (SSSR count). The molecule has 0 saturated carbocycles. The van der Waals surface area contributed by atoms with Crippen LogP contribution in [-0.4, -0.2) is 40.1 Å². The van der Waals surface area contributed by atoms with E-state index in [1.54, 1.807) is 38.6 Å².